The van der Waals surface area contributed by atoms with E-state index in [-0.39, 0.29) is 51.0 Å². The Morgan fingerprint density at radius 2 is 0.826 bits per heavy atom. The summed E-state index contributed by atoms with van der Waals surface area (Å²) in [5.74, 6) is 0. The fourth-order valence-corrected chi connectivity index (χ4v) is 13.8. The van der Waals surface area contributed by atoms with E-state index in [2.05, 4.69) is 159 Å². The van der Waals surface area contributed by atoms with E-state index in [1.54, 1.807) is 10.4 Å². The molecule has 0 saturated heterocycles. The molecule has 46 heavy (non-hydrogen) atoms. The van der Waals surface area contributed by atoms with Crippen LogP contribution in [0.25, 0.3) is 43.1 Å². The first-order valence-corrected chi connectivity index (χ1v) is 17.6. The molecule has 0 atom stereocenters. The van der Waals surface area contributed by atoms with Gasteiger partial charge in [-0.05, 0) is 23.6 Å². The Hall–Kier alpha value is -3.26. The minimum atomic E-state index is -2.89. The molecule has 0 heterocycles. The summed E-state index contributed by atoms with van der Waals surface area (Å²) in [7, 11) is -2.89. The van der Waals surface area contributed by atoms with E-state index in [1.807, 2.05) is 0 Å². The van der Waals surface area contributed by atoms with Gasteiger partial charge in [0.2, 0.25) is 0 Å². The van der Waals surface area contributed by atoms with Gasteiger partial charge in [-0.15, -0.1) is 67.3 Å². The van der Waals surface area contributed by atoms with Crippen molar-refractivity contribution in [2.75, 3.05) is 0 Å². The Morgan fingerprint density at radius 1 is 0.457 bits per heavy atom. The molecule has 8 aromatic carbocycles. The minimum absolute atomic E-state index is 0. The first-order valence-electron chi connectivity index (χ1n) is 15.6. The van der Waals surface area contributed by atoms with Gasteiger partial charge in [-0.2, -0.15) is 0 Å². The van der Waals surface area contributed by atoms with Crippen LogP contribution in [0, 0.1) is 0 Å². The Bertz CT molecular complexity index is 2100. The Balaban J connectivity index is 0.00000139. The van der Waals surface area contributed by atoms with Crippen LogP contribution in [0.1, 0.15) is 25.0 Å². The number of hydrogen-bond donors (Lipinski definition) is 0. The van der Waals surface area contributed by atoms with Crippen molar-refractivity contribution in [1.82, 2.24) is 0 Å². The summed E-state index contributed by atoms with van der Waals surface area (Å²) in [6.45, 7) is 4.68. The second kappa shape index (κ2) is 13.8. The zero-order valence-electron chi connectivity index (χ0n) is 26.0. The van der Waals surface area contributed by atoms with Crippen LogP contribution in [-0.2, 0) is 39.0 Å². The van der Waals surface area contributed by atoms with E-state index in [4.69, 9.17) is 0 Å². The van der Waals surface area contributed by atoms with E-state index in [0.29, 0.717) is 0 Å². The molecule has 0 bridgehead atoms. The normalized spacial score (nSPS) is 11.3. The molecule has 0 aliphatic rings. The molecule has 0 N–H and O–H groups in total. The van der Waals surface area contributed by atoms with Gasteiger partial charge in [-0.1, -0.05) is 156 Å². The number of hydrogen-bond acceptors (Lipinski definition) is 0. The smallest absolute Gasteiger partial charge is 1.00 e. The predicted octanol–water partition coefficient (Wildman–Crippen LogP) is 2.24. The minimum Gasteiger partial charge on any atom is -1.00 e. The van der Waals surface area contributed by atoms with Crippen LogP contribution in [0.2, 0.25) is 0 Å². The number of aryl methyl sites for hydroxylation is 2. The molecule has 0 saturated carbocycles. The van der Waals surface area contributed by atoms with Crippen molar-refractivity contribution >= 4 is 71.9 Å². The molecule has 4 heteroatoms. The van der Waals surface area contributed by atoms with Crippen molar-refractivity contribution in [3.8, 4) is 0 Å². The van der Waals surface area contributed by atoms with Crippen LogP contribution in [0.5, 0.6) is 0 Å². The van der Waals surface area contributed by atoms with Gasteiger partial charge in [0.25, 0.3) is 0 Å². The third-order valence-electron chi connectivity index (χ3n) is 9.65. The Morgan fingerprint density at radius 3 is 1.22 bits per heavy atom. The van der Waals surface area contributed by atoms with Gasteiger partial charge in [-0.25, -0.2) is 0 Å². The van der Waals surface area contributed by atoms with E-state index >= 15 is 0 Å². The molecule has 0 aromatic heterocycles. The molecule has 0 unspecified atom stereocenters. The van der Waals surface area contributed by atoms with Crippen molar-refractivity contribution in [1.29, 1.82) is 0 Å². The van der Waals surface area contributed by atoms with E-state index < -0.39 is 8.07 Å². The van der Waals surface area contributed by atoms with Gasteiger partial charge in [0.1, 0.15) is 0 Å². The van der Waals surface area contributed by atoms with Crippen LogP contribution in [0.15, 0.2) is 146 Å². The second-order valence-electron chi connectivity index (χ2n) is 11.8. The van der Waals surface area contributed by atoms with Gasteiger partial charge in [0.05, 0.1) is 8.07 Å². The number of fused-ring (bicyclic) bond motifs is 6. The summed E-state index contributed by atoms with van der Waals surface area (Å²) >= 11 is 0. The third-order valence-corrected chi connectivity index (χ3v) is 14.7. The second-order valence-corrected chi connectivity index (χ2v) is 15.4. The monoisotopic (exact) mass is 726 g/mol. The molecule has 0 nitrogen and oxygen atoms in total. The summed E-state index contributed by atoms with van der Waals surface area (Å²) < 4.78 is 0. The molecule has 0 spiro atoms. The topological polar surface area (TPSA) is 0 Å². The average Bonchev–Trinajstić information content (AvgIpc) is 3.66. The molecule has 0 radical (unpaired) electrons. The maximum absolute atomic E-state index is 2.89. The molecule has 224 valence electrons. The summed E-state index contributed by atoms with van der Waals surface area (Å²) in [5.41, 5.74) is 2.95. The van der Waals surface area contributed by atoms with Crippen LogP contribution in [-0.4, -0.2) is 8.07 Å². The molecule has 8 aromatic rings. The maximum atomic E-state index is 2.50. The molecule has 0 fully saturated rings. The molecular formula is C42H34Cl2SiZr. The zero-order valence-corrected chi connectivity index (χ0v) is 31.0. The van der Waals surface area contributed by atoms with Gasteiger partial charge < -0.3 is 24.8 Å². The summed E-state index contributed by atoms with van der Waals surface area (Å²) in [4.78, 5) is 0. The predicted molar refractivity (Wildman–Crippen MR) is 190 cm³/mol. The number of rotatable bonds is 6. The number of benzene rings is 6. The molecule has 0 aliphatic heterocycles. The van der Waals surface area contributed by atoms with Crippen molar-refractivity contribution < 1.29 is 51.0 Å². The fourth-order valence-electron chi connectivity index (χ4n) is 7.88. The number of halogens is 2. The summed E-state index contributed by atoms with van der Waals surface area (Å²) in [6, 6.07) is 55.4. The Kier molecular flexibility index (Phi) is 10.3. The van der Waals surface area contributed by atoms with Gasteiger partial charge in [0.15, 0.2) is 0 Å². The van der Waals surface area contributed by atoms with Crippen LogP contribution < -0.4 is 45.6 Å². The molecular weight excluding hydrogens is 695 g/mol. The van der Waals surface area contributed by atoms with E-state index in [0.717, 1.165) is 12.8 Å². The quantitative estimate of drug-likeness (QED) is 0.182. The average molecular weight is 729 g/mol. The fraction of sp³-hybridized carbons (Fsp3) is 0.0952. The summed E-state index contributed by atoms with van der Waals surface area (Å²) in [6.07, 6.45) is 1.99. The van der Waals surface area contributed by atoms with Crippen LogP contribution >= 0.6 is 0 Å². The maximum Gasteiger partial charge on any atom is 4.00 e. The van der Waals surface area contributed by atoms with Gasteiger partial charge in [-0.3, -0.25) is 0 Å². The Labute approximate surface area is 304 Å². The third kappa shape index (κ3) is 5.06. The molecule has 0 amide bonds. The zero-order chi connectivity index (χ0) is 29.0. The van der Waals surface area contributed by atoms with Gasteiger partial charge >= 0.3 is 26.2 Å². The summed E-state index contributed by atoms with van der Waals surface area (Å²) in [5, 5.41) is 16.9. The van der Waals surface area contributed by atoms with Gasteiger partial charge in [0, 0.05) is 0 Å². The van der Waals surface area contributed by atoms with E-state index in [1.165, 1.54) is 64.6 Å². The standard InChI is InChI=1S/C42H34Si.2ClH.Zr/c1-3-29-27-33-25-23-31-15-11-13-21-37(31)39(33)41(29)43(35-17-7-5-8-18-35,36-19-9-6-10-20-36)42-30(4-2)28-34-26-24-32-16-12-14-22-38(32)40(34)42;;;/h5-28H,3-4H2,1-2H3;2*1H;/q-2;;;+4/p-2. The van der Waals surface area contributed by atoms with Crippen molar-refractivity contribution in [2.24, 2.45) is 0 Å². The van der Waals surface area contributed by atoms with E-state index in [9.17, 15) is 0 Å². The van der Waals surface area contributed by atoms with Crippen molar-refractivity contribution in [3.05, 3.63) is 157 Å². The SMILES string of the molecule is CCc1[cH-]c2ccc3ccccc3c2c1[Si](c1ccccc1)(c1ccccc1)c1c(CC)[cH-]c2ccc3ccccc3c12.[Cl-].[Cl-].[Zr+4]. The first-order chi connectivity index (χ1) is 21.3. The van der Waals surface area contributed by atoms with Crippen molar-refractivity contribution in [2.45, 2.75) is 26.7 Å². The van der Waals surface area contributed by atoms with Crippen LogP contribution in [0.3, 0.4) is 0 Å². The van der Waals surface area contributed by atoms with Crippen molar-refractivity contribution in [3.63, 3.8) is 0 Å². The molecule has 8 rings (SSSR count). The van der Waals surface area contributed by atoms with Crippen LogP contribution in [0.4, 0.5) is 0 Å². The largest absolute Gasteiger partial charge is 4.00 e. The first kappa shape index (κ1) is 34.1. The molecule has 0 aliphatic carbocycles.